The zero-order valence-corrected chi connectivity index (χ0v) is 13.9. The van der Waals surface area contributed by atoms with Crippen molar-refractivity contribution < 1.29 is 23.0 Å². The lowest BCUT2D eigenvalue weighted by Gasteiger charge is -2.37. The molecule has 0 spiro atoms. The van der Waals surface area contributed by atoms with Crippen LogP contribution in [0.25, 0.3) is 0 Å². The molecule has 128 valence electrons. The molecule has 3 nitrogen and oxygen atoms in total. The first-order chi connectivity index (χ1) is 10.9. The molecule has 0 saturated carbocycles. The molecule has 1 aliphatic heterocycles. The van der Waals surface area contributed by atoms with Gasteiger partial charge in [0.2, 0.25) is 0 Å². The molecule has 1 aliphatic rings. The van der Waals surface area contributed by atoms with Crippen LogP contribution in [0.2, 0.25) is 0 Å². The van der Waals surface area contributed by atoms with Crippen molar-refractivity contribution in [1.82, 2.24) is 0 Å². The number of rotatable bonds is 6. The Kier molecular flexibility index (Phi) is 5.87. The van der Waals surface area contributed by atoms with Crippen LogP contribution in [0.15, 0.2) is 18.2 Å². The van der Waals surface area contributed by atoms with Gasteiger partial charge in [0.15, 0.2) is 6.29 Å². The monoisotopic (exact) mass is 326 g/mol. The second-order valence-electron chi connectivity index (χ2n) is 6.48. The lowest BCUT2D eigenvalue weighted by molar-refractivity contribution is -0.211. The normalized spacial score (nSPS) is 20.3. The molecular formula is C18H24F2O3. The summed E-state index contributed by atoms with van der Waals surface area (Å²) in [7, 11) is 0. The van der Waals surface area contributed by atoms with Crippen LogP contribution in [0.5, 0.6) is 0 Å². The van der Waals surface area contributed by atoms with Crippen LogP contribution in [-0.4, -0.2) is 18.7 Å². The highest BCUT2D eigenvalue weighted by atomic mass is 19.1. The minimum absolute atomic E-state index is 0.0398. The van der Waals surface area contributed by atoms with Gasteiger partial charge in [-0.1, -0.05) is 26.8 Å². The Morgan fingerprint density at radius 3 is 2.70 bits per heavy atom. The van der Waals surface area contributed by atoms with Gasteiger partial charge in [0.25, 0.3) is 0 Å². The Hall–Kier alpha value is -1.33. The Morgan fingerprint density at radius 2 is 2.13 bits per heavy atom. The van der Waals surface area contributed by atoms with Gasteiger partial charge in [-0.2, -0.15) is 0 Å². The summed E-state index contributed by atoms with van der Waals surface area (Å²) in [6.07, 6.45) is 1.66. The van der Waals surface area contributed by atoms with E-state index in [9.17, 15) is 13.6 Å². The van der Waals surface area contributed by atoms with Crippen LogP contribution in [0.4, 0.5) is 8.78 Å². The average Bonchev–Trinajstić information content (AvgIpc) is 2.53. The fourth-order valence-corrected chi connectivity index (χ4v) is 2.92. The summed E-state index contributed by atoms with van der Waals surface area (Å²) in [4.78, 5) is 12.4. The molecule has 1 saturated heterocycles. The zero-order chi connectivity index (χ0) is 17.0. The molecule has 0 N–H and O–H groups in total. The molecule has 0 bridgehead atoms. The predicted molar refractivity (Wildman–Crippen MR) is 82.9 cm³/mol. The van der Waals surface area contributed by atoms with Crippen molar-refractivity contribution in [3.63, 3.8) is 0 Å². The topological polar surface area (TPSA) is 35.5 Å². The maximum absolute atomic E-state index is 14.3. The second kappa shape index (κ2) is 7.49. The highest BCUT2D eigenvalue weighted by Gasteiger charge is 2.40. The van der Waals surface area contributed by atoms with Crippen LogP contribution in [-0.2, 0) is 14.3 Å². The number of carbonyl (C=O) groups excluding carboxylic acids is 1. The molecule has 5 heteroatoms. The molecule has 1 heterocycles. The molecular weight excluding hydrogens is 302 g/mol. The minimum Gasteiger partial charge on any atom is -0.353 e. The van der Waals surface area contributed by atoms with Gasteiger partial charge in [-0.05, 0) is 25.3 Å². The molecule has 2 atom stereocenters. The lowest BCUT2D eigenvalue weighted by atomic mass is 9.77. The van der Waals surface area contributed by atoms with E-state index in [0.29, 0.717) is 19.4 Å². The summed E-state index contributed by atoms with van der Waals surface area (Å²) in [5.41, 5.74) is -0.749. The Bertz CT molecular complexity index is 551. The van der Waals surface area contributed by atoms with Crippen molar-refractivity contribution in [2.45, 2.75) is 58.8 Å². The van der Waals surface area contributed by atoms with Crippen LogP contribution in [0.1, 0.15) is 58.1 Å². The van der Waals surface area contributed by atoms with Crippen molar-refractivity contribution in [3.8, 4) is 0 Å². The number of ketones is 1. The van der Waals surface area contributed by atoms with Crippen LogP contribution < -0.4 is 0 Å². The van der Waals surface area contributed by atoms with Gasteiger partial charge in [0.1, 0.15) is 23.5 Å². The van der Waals surface area contributed by atoms with Gasteiger partial charge >= 0.3 is 0 Å². The molecule has 2 unspecified atom stereocenters. The molecule has 1 aromatic rings. The number of benzene rings is 1. The fraction of sp³-hybridized carbons (Fsp3) is 0.611. The Balaban J connectivity index is 2.35. The van der Waals surface area contributed by atoms with Crippen LogP contribution in [0.3, 0.4) is 0 Å². The van der Waals surface area contributed by atoms with Gasteiger partial charge in [-0.25, -0.2) is 8.78 Å². The fourth-order valence-electron chi connectivity index (χ4n) is 2.92. The first kappa shape index (κ1) is 18.0. The highest BCUT2D eigenvalue weighted by molar-refractivity contribution is 5.84. The van der Waals surface area contributed by atoms with E-state index in [1.807, 2.05) is 0 Å². The lowest BCUT2D eigenvalue weighted by Crippen LogP contribution is -2.37. The smallest absolute Gasteiger partial charge is 0.158 e. The second-order valence-corrected chi connectivity index (χ2v) is 6.48. The molecule has 0 aromatic heterocycles. The van der Waals surface area contributed by atoms with Crippen LogP contribution in [0, 0.1) is 17.0 Å². The van der Waals surface area contributed by atoms with Crippen LogP contribution >= 0.6 is 0 Å². The van der Waals surface area contributed by atoms with E-state index in [1.54, 1.807) is 20.8 Å². The zero-order valence-electron chi connectivity index (χ0n) is 13.9. The third-order valence-corrected chi connectivity index (χ3v) is 4.37. The largest absolute Gasteiger partial charge is 0.353 e. The van der Waals surface area contributed by atoms with E-state index < -0.39 is 29.4 Å². The Morgan fingerprint density at radius 1 is 1.39 bits per heavy atom. The number of hydrogen-bond donors (Lipinski definition) is 0. The summed E-state index contributed by atoms with van der Waals surface area (Å²) in [6, 6.07) is 3.35. The Labute approximate surface area is 136 Å². The number of hydrogen-bond acceptors (Lipinski definition) is 3. The number of Topliss-reactive ketones (excluding diaryl/α,β-unsaturated/α-hetero) is 1. The van der Waals surface area contributed by atoms with E-state index in [0.717, 1.165) is 18.9 Å². The summed E-state index contributed by atoms with van der Waals surface area (Å²) >= 11 is 0. The van der Waals surface area contributed by atoms with E-state index in [4.69, 9.17) is 9.47 Å². The summed E-state index contributed by atoms with van der Waals surface area (Å²) < 4.78 is 39.1. The van der Waals surface area contributed by atoms with E-state index in [1.165, 1.54) is 12.1 Å². The average molecular weight is 326 g/mol. The third-order valence-electron chi connectivity index (χ3n) is 4.37. The van der Waals surface area contributed by atoms with Crippen molar-refractivity contribution >= 4 is 5.78 Å². The minimum atomic E-state index is -0.936. The van der Waals surface area contributed by atoms with Crippen molar-refractivity contribution in [1.29, 1.82) is 0 Å². The first-order valence-electron chi connectivity index (χ1n) is 8.11. The van der Waals surface area contributed by atoms with Gasteiger partial charge in [0.05, 0.1) is 5.41 Å². The summed E-state index contributed by atoms with van der Waals surface area (Å²) in [5, 5.41) is 0. The van der Waals surface area contributed by atoms with E-state index in [2.05, 4.69) is 0 Å². The molecule has 23 heavy (non-hydrogen) atoms. The van der Waals surface area contributed by atoms with Gasteiger partial charge < -0.3 is 9.47 Å². The van der Waals surface area contributed by atoms with Crippen molar-refractivity contribution in [2.75, 3.05) is 6.61 Å². The molecule has 0 amide bonds. The standard InChI is InChI=1S/C18H24F2O3/c1-4-15(21)18(2,3)17(23-16-7-5-6-10-22-16)13-9-8-12(19)11-14(13)20/h8-9,11,16-17H,4-7,10H2,1-3H3. The van der Waals surface area contributed by atoms with Gasteiger partial charge in [0, 0.05) is 24.7 Å². The molecule has 1 fully saturated rings. The third kappa shape index (κ3) is 4.15. The van der Waals surface area contributed by atoms with E-state index in [-0.39, 0.29) is 11.3 Å². The quantitative estimate of drug-likeness (QED) is 0.769. The van der Waals surface area contributed by atoms with E-state index >= 15 is 0 Å². The van der Waals surface area contributed by atoms with Crippen molar-refractivity contribution in [2.24, 2.45) is 5.41 Å². The maximum Gasteiger partial charge on any atom is 0.158 e. The summed E-state index contributed by atoms with van der Waals surface area (Å²) in [6.45, 7) is 5.81. The van der Waals surface area contributed by atoms with Crippen molar-refractivity contribution in [3.05, 3.63) is 35.4 Å². The summed E-state index contributed by atoms with van der Waals surface area (Å²) in [5.74, 6) is -1.40. The first-order valence-corrected chi connectivity index (χ1v) is 8.11. The van der Waals surface area contributed by atoms with Gasteiger partial charge in [-0.3, -0.25) is 4.79 Å². The highest BCUT2D eigenvalue weighted by Crippen LogP contribution is 2.41. The number of carbonyl (C=O) groups is 1. The maximum atomic E-state index is 14.3. The molecule has 0 aliphatic carbocycles. The van der Waals surface area contributed by atoms with Gasteiger partial charge in [-0.15, -0.1) is 0 Å². The predicted octanol–water partition coefficient (Wildman–Crippen LogP) is 4.55. The molecule has 1 aromatic carbocycles. The SMILES string of the molecule is CCC(=O)C(C)(C)C(OC1CCCCO1)c1ccc(F)cc1F. The number of halogens is 2. The molecule has 2 rings (SSSR count). The number of ether oxygens (including phenoxy) is 2. The molecule has 0 radical (unpaired) electrons.